The average molecular weight is 387 g/mol. The van der Waals surface area contributed by atoms with E-state index in [0.29, 0.717) is 11.5 Å². The third kappa shape index (κ3) is 3.19. The molecule has 24 heavy (non-hydrogen) atoms. The van der Waals surface area contributed by atoms with Crippen LogP contribution >= 0.6 is 15.9 Å². The van der Waals surface area contributed by atoms with Crippen LogP contribution in [0.3, 0.4) is 0 Å². The smallest absolute Gasteiger partial charge is 0.275 e. The number of nitrogens with zero attached hydrogens (tertiary/aromatic N) is 3. The molecular weight excluding hydrogens is 368 g/mol. The Hall–Kier alpha value is -2.21. The van der Waals surface area contributed by atoms with Gasteiger partial charge in [-0.3, -0.25) is 9.20 Å². The van der Waals surface area contributed by atoms with E-state index in [1.807, 2.05) is 42.6 Å². The molecule has 6 heteroatoms. The number of pyridine rings is 2. The van der Waals surface area contributed by atoms with Crippen LogP contribution < -0.4 is 5.32 Å². The summed E-state index contributed by atoms with van der Waals surface area (Å²) in [5.41, 5.74) is 4.26. The SMILES string of the molecule is CCCc1nc2c(C)cc(Br)cn2c1C(=O)Nc1cc(C)ccn1. The van der Waals surface area contributed by atoms with Crippen LogP contribution in [0.1, 0.15) is 40.7 Å². The lowest BCUT2D eigenvalue weighted by Gasteiger charge is -2.07. The summed E-state index contributed by atoms with van der Waals surface area (Å²) in [5, 5.41) is 2.89. The van der Waals surface area contributed by atoms with E-state index in [-0.39, 0.29) is 5.91 Å². The van der Waals surface area contributed by atoms with Crippen LogP contribution in [0.25, 0.3) is 5.65 Å². The fourth-order valence-corrected chi connectivity index (χ4v) is 3.30. The van der Waals surface area contributed by atoms with Crippen molar-refractivity contribution < 1.29 is 4.79 Å². The Balaban J connectivity index is 2.09. The van der Waals surface area contributed by atoms with Crippen molar-refractivity contribution in [3.63, 3.8) is 0 Å². The number of amides is 1. The van der Waals surface area contributed by atoms with E-state index in [1.54, 1.807) is 6.20 Å². The summed E-state index contributed by atoms with van der Waals surface area (Å²) < 4.78 is 2.77. The van der Waals surface area contributed by atoms with Gasteiger partial charge in [0.05, 0.1) is 5.69 Å². The average Bonchev–Trinajstić information content (AvgIpc) is 2.86. The molecule has 0 aliphatic heterocycles. The van der Waals surface area contributed by atoms with Crippen LogP contribution in [-0.2, 0) is 6.42 Å². The highest BCUT2D eigenvalue weighted by molar-refractivity contribution is 9.10. The maximum Gasteiger partial charge on any atom is 0.275 e. The number of hydrogen-bond donors (Lipinski definition) is 1. The molecule has 0 fully saturated rings. The number of imidazole rings is 1. The Morgan fingerprint density at radius 1 is 1.33 bits per heavy atom. The third-order valence-corrected chi connectivity index (χ3v) is 4.24. The summed E-state index contributed by atoms with van der Waals surface area (Å²) >= 11 is 3.50. The lowest BCUT2D eigenvalue weighted by atomic mass is 10.2. The molecule has 3 aromatic heterocycles. The summed E-state index contributed by atoms with van der Waals surface area (Å²) in [7, 11) is 0. The molecule has 3 aromatic rings. The van der Waals surface area contributed by atoms with Crippen molar-refractivity contribution >= 4 is 33.3 Å². The monoisotopic (exact) mass is 386 g/mol. The fourth-order valence-electron chi connectivity index (χ4n) is 2.75. The number of anilines is 1. The first-order valence-electron chi connectivity index (χ1n) is 7.90. The molecule has 0 saturated heterocycles. The quantitative estimate of drug-likeness (QED) is 0.726. The molecule has 3 heterocycles. The molecule has 0 aliphatic carbocycles. The Labute approximate surface area is 149 Å². The van der Waals surface area contributed by atoms with Gasteiger partial charge in [0.1, 0.15) is 17.2 Å². The number of aromatic nitrogens is 3. The molecule has 0 bridgehead atoms. The van der Waals surface area contributed by atoms with Crippen LogP contribution in [0, 0.1) is 13.8 Å². The molecule has 0 atom stereocenters. The number of carbonyl (C=O) groups excluding carboxylic acids is 1. The zero-order valence-electron chi connectivity index (χ0n) is 13.9. The van der Waals surface area contributed by atoms with Gasteiger partial charge in [-0.05, 0) is 65.5 Å². The lowest BCUT2D eigenvalue weighted by molar-refractivity contribution is 0.102. The van der Waals surface area contributed by atoms with Crippen molar-refractivity contribution in [2.45, 2.75) is 33.6 Å². The van der Waals surface area contributed by atoms with Crippen molar-refractivity contribution in [3.8, 4) is 0 Å². The first kappa shape index (κ1) is 16.6. The second-order valence-electron chi connectivity index (χ2n) is 5.86. The van der Waals surface area contributed by atoms with Crippen LogP contribution in [0.5, 0.6) is 0 Å². The second kappa shape index (κ2) is 6.73. The summed E-state index contributed by atoms with van der Waals surface area (Å²) in [4.78, 5) is 21.8. The van der Waals surface area contributed by atoms with Crippen molar-refractivity contribution in [1.82, 2.24) is 14.4 Å². The van der Waals surface area contributed by atoms with E-state index >= 15 is 0 Å². The molecule has 3 rings (SSSR count). The molecule has 5 nitrogen and oxygen atoms in total. The van der Waals surface area contributed by atoms with Gasteiger partial charge in [0.2, 0.25) is 0 Å². The second-order valence-corrected chi connectivity index (χ2v) is 6.78. The number of halogens is 1. The van der Waals surface area contributed by atoms with E-state index in [1.165, 1.54) is 0 Å². The van der Waals surface area contributed by atoms with E-state index < -0.39 is 0 Å². The zero-order chi connectivity index (χ0) is 17.3. The highest BCUT2D eigenvalue weighted by Crippen LogP contribution is 2.22. The van der Waals surface area contributed by atoms with Crippen LogP contribution in [0.2, 0.25) is 0 Å². The number of aryl methyl sites for hydroxylation is 3. The van der Waals surface area contributed by atoms with E-state index in [0.717, 1.165) is 39.8 Å². The highest BCUT2D eigenvalue weighted by Gasteiger charge is 2.20. The molecule has 0 saturated carbocycles. The van der Waals surface area contributed by atoms with E-state index in [4.69, 9.17) is 0 Å². The van der Waals surface area contributed by atoms with Crippen molar-refractivity contribution in [3.05, 3.63) is 57.6 Å². The van der Waals surface area contributed by atoms with Crippen LogP contribution in [0.15, 0.2) is 35.1 Å². The summed E-state index contributed by atoms with van der Waals surface area (Å²) in [6.07, 6.45) is 5.25. The molecular formula is C18H19BrN4O. The predicted octanol–water partition coefficient (Wildman–Crippen LogP) is 4.31. The highest BCUT2D eigenvalue weighted by atomic mass is 79.9. The van der Waals surface area contributed by atoms with Gasteiger partial charge in [-0.1, -0.05) is 13.3 Å². The number of rotatable bonds is 4. The largest absolute Gasteiger partial charge is 0.305 e. The molecule has 124 valence electrons. The Morgan fingerprint density at radius 2 is 2.12 bits per heavy atom. The predicted molar refractivity (Wildman–Crippen MR) is 98.6 cm³/mol. The van der Waals surface area contributed by atoms with Gasteiger partial charge in [-0.15, -0.1) is 0 Å². The number of nitrogens with one attached hydrogen (secondary N) is 1. The Bertz CT molecular complexity index is 917. The maximum absolute atomic E-state index is 12.9. The first-order valence-corrected chi connectivity index (χ1v) is 8.70. The minimum atomic E-state index is -0.193. The van der Waals surface area contributed by atoms with Gasteiger partial charge in [-0.25, -0.2) is 9.97 Å². The molecule has 1 N–H and O–H groups in total. The Morgan fingerprint density at radius 3 is 2.83 bits per heavy atom. The van der Waals surface area contributed by atoms with Crippen molar-refractivity contribution in [2.24, 2.45) is 0 Å². The molecule has 0 aromatic carbocycles. The van der Waals surface area contributed by atoms with E-state index in [2.05, 4.69) is 38.1 Å². The number of hydrogen-bond acceptors (Lipinski definition) is 3. The minimum Gasteiger partial charge on any atom is -0.305 e. The molecule has 0 aliphatic rings. The Kier molecular flexibility index (Phi) is 4.66. The minimum absolute atomic E-state index is 0.193. The van der Waals surface area contributed by atoms with Crippen LogP contribution in [0.4, 0.5) is 5.82 Å². The lowest BCUT2D eigenvalue weighted by Crippen LogP contribution is -2.17. The fraction of sp³-hybridized carbons (Fsp3) is 0.278. The van der Waals surface area contributed by atoms with Gasteiger partial charge >= 0.3 is 0 Å². The van der Waals surface area contributed by atoms with Crippen molar-refractivity contribution in [2.75, 3.05) is 5.32 Å². The van der Waals surface area contributed by atoms with Gasteiger partial charge in [0.15, 0.2) is 0 Å². The number of fused-ring (bicyclic) bond motifs is 1. The third-order valence-electron chi connectivity index (χ3n) is 3.80. The topological polar surface area (TPSA) is 59.3 Å². The standard InChI is InChI=1S/C18H19BrN4O/c1-4-5-14-16(18(24)22-15-8-11(2)6-7-20-15)23-10-13(19)9-12(3)17(23)21-14/h6-10H,4-5H2,1-3H3,(H,20,22,24). The van der Waals surface area contributed by atoms with Gasteiger partial charge < -0.3 is 5.32 Å². The first-order chi connectivity index (χ1) is 11.5. The molecule has 0 spiro atoms. The molecule has 0 unspecified atom stereocenters. The zero-order valence-corrected chi connectivity index (χ0v) is 15.5. The van der Waals surface area contributed by atoms with Gasteiger partial charge in [0, 0.05) is 16.9 Å². The summed E-state index contributed by atoms with van der Waals surface area (Å²) in [5.74, 6) is 0.352. The van der Waals surface area contributed by atoms with Gasteiger partial charge in [0.25, 0.3) is 5.91 Å². The molecule has 1 amide bonds. The summed E-state index contributed by atoms with van der Waals surface area (Å²) in [6, 6.07) is 5.75. The summed E-state index contributed by atoms with van der Waals surface area (Å²) in [6.45, 7) is 6.04. The maximum atomic E-state index is 12.9. The van der Waals surface area contributed by atoms with E-state index in [9.17, 15) is 4.79 Å². The normalized spacial score (nSPS) is 11.0. The van der Waals surface area contributed by atoms with Crippen LogP contribution in [-0.4, -0.2) is 20.3 Å². The van der Waals surface area contributed by atoms with Gasteiger partial charge in [-0.2, -0.15) is 0 Å². The molecule has 0 radical (unpaired) electrons. The van der Waals surface area contributed by atoms with Crippen molar-refractivity contribution in [1.29, 1.82) is 0 Å². The number of carbonyl (C=O) groups is 1.